The smallest absolute Gasteiger partial charge is 1.00 e. The van der Waals surface area contributed by atoms with Gasteiger partial charge in [0.25, 0.3) is 5.56 Å². The minimum Gasteiger partial charge on any atom is -1.00 e. The maximum absolute atomic E-state index is 10.9. The van der Waals surface area contributed by atoms with E-state index in [0.29, 0.717) is 27.1 Å². The minimum atomic E-state index is -0.264. The first-order valence-electron chi connectivity index (χ1n) is 4.71. The summed E-state index contributed by atoms with van der Waals surface area (Å²) in [6.07, 6.45) is 0. The standard InChI is InChI=1S/C11H8Cl2N2O2.K.H/c1-17-11-7(12)4-6(5-8(11)13)9-2-3-10(16)15-14-9;;/h2-5H,1H3,(H,15,16);;/q;+1;-1. The average molecular weight is 311 g/mol. The molecule has 0 aliphatic rings. The number of methoxy groups -OCH3 is 1. The van der Waals surface area contributed by atoms with Gasteiger partial charge >= 0.3 is 51.4 Å². The van der Waals surface area contributed by atoms with Crippen LogP contribution in [0.2, 0.25) is 10.0 Å². The zero-order chi connectivity index (χ0) is 12.4. The van der Waals surface area contributed by atoms with Crippen LogP contribution < -0.4 is 61.7 Å². The van der Waals surface area contributed by atoms with Gasteiger partial charge in [-0.2, -0.15) is 5.10 Å². The zero-order valence-electron chi connectivity index (χ0n) is 10.8. The summed E-state index contributed by atoms with van der Waals surface area (Å²) in [6, 6.07) is 6.32. The first-order chi connectivity index (χ1) is 8.11. The van der Waals surface area contributed by atoms with Gasteiger partial charge in [-0.05, 0) is 18.2 Å². The Bertz CT molecular complexity index is 578. The molecule has 1 heterocycles. The zero-order valence-corrected chi connectivity index (χ0v) is 14.5. The van der Waals surface area contributed by atoms with Crippen molar-refractivity contribution in [2.45, 2.75) is 0 Å². The number of rotatable bonds is 2. The van der Waals surface area contributed by atoms with Crippen molar-refractivity contribution in [2.24, 2.45) is 0 Å². The molecule has 1 aromatic carbocycles. The fraction of sp³-hybridized carbons (Fsp3) is 0.0909. The Hall–Kier alpha value is 0.116. The summed E-state index contributed by atoms with van der Waals surface area (Å²) in [4.78, 5) is 10.9. The molecule has 0 bridgehead atoms. The number of benzene rings is 1. The van der Waals surface area contributed by atoms with Crippen LogP contribution in [0, 0.1) is 0 Å². The normalized spacial score (nSPS) is 9.72. The molecule has 0 saturated heterocycles. The molecule has 7 heteroatoms. The molecule has 0 amide bonds. The largest absolute Gasteiger partial charge is 1.00 e. The number of nitrogens with zero attached hydrogens (tertiary/aromatic N) is 1. The number of hydrogen-bond donors (Lipinski definition) is 1. The van der Waals surface area contributed by atoms with Crippen LogP contribution in [0.1, 0.15) is 1.43 Å². The average Bonchev–Trinajstić information content (AvgIpc) is 2.29. The summed E-state index contributed by atoms with van der Waals surface area (Å²) in [5, 5.41) is 7.02. The molecule has 0 saturated carbocycles. The molecule has 0 radical (unpaired) electrons. The van der Waals surface area contributed by atoms with Crippen molar-refractivity contribution in [1.29, 1.82) is 0 Å². The number of H-pyrrole nitrogens is 1. The molecule has 90 valence electrons. The Kier molecular flexibility index (Phi) is 6.33. The van der Waals surface area contributed by atoms with E-state index in [0.717, 1.165) is 0 Å². The van der Waals surface area contributed by atoms with Gasteiger partial charge in [0.15, 0.2) is 5.75 Å². The molecule has 0 aliphatic heterocycles. The number of nitrogens with one attached hydrogen (secondary N) is 1. The molecule has 0 fully saturated rings. The SMILES string of the molecule is COc1c(Cl)cc(-c2ccc(=O)[nH]n2)cc1Cl.[H-].[K+]. The Balaban J connectivity index is 0.00000162. The van der Waals surface area contributed by atoms with Gasteiger partial charge in [0, 0.05) is 11.6 Å². The van der Waals surface area contributed by atoms with E-state index in [2.05, 4.69) is 10.2 Å². The van der Waals surface area contributed by atoms with Crippen molar-refractivity contribution >= 4 is 23.2 Å². The van der Waals surface area contributed by atoms with Crippen LogP contribution in [0.5, 0.6) is 5.75 Å². The Morgan fingerprint density at radius 2 is 1.89 bits per heavy atom. The first kappa shape index (κ1) is 16.2. The second-order valence-corrected chi connectivity index (χ2v) is 4.09. The summed E-state index contributed by atoms with van der Waals surface area (Å²) in [5.74, 6) is 0.418. The Labute approximate surface area is 158 Å². The third kappa shape index (κ3) is 3.57. The van der Waals surface area contributed by atoms with Crippen molar-refractivity contribution in [3.63, 3.8) is 0 Å². The van der Waals surface area contributed by atoms with Crippen LogP contribution in [-0.2, 0) is 0 Å². The Morgan fingerprint density at radius 3 is 2.33 bits per heavy atom. The van der Waals surface area contributed by atoms with E-state index >= 15 is 0 Å². The molecule has 2 aromatic rings. The number of aromatic amines is 1. The van der Waals surface area contributed by atoms with Crippen LogP contribution in [0.25, 0.3) is 11.3 Å². The summed E-state index contributed by atoms with van der Waals surface area (Å²) in [6.45, 7) is 0. The monoisotopic (exact) mass is 310 g/mol. The minimum absolute atomic E-state index is 0. The fourth-order valence-electron chi connectivity index (χ4n) is 1.41. The number of ether oxygens (including phenoxy) is 1. The topological polar surface area (TPSA) is 55.0 Å². The van der Waals surface area contributed by atoms with Crippen LogP contribution in [0.15, 0.2) is 29.1 Å². The maximum Gasteiger partial charge on any atom is 1.00 e. The molecule has 4 nitrogen and oxygen atoms in total. The quantitative estimate of drug-likeness (QED) is 0.786. The molecular formula is C11H9Cl2KN2O2. The predicted octanol–water partition coefficient (Wildman–Crippen LogP) is -0.131. The third-order valence-corrected chi connectivity index (χ3v) is 2.74. The second kappa shape index (κ2) is 7.05. The molecule has 0 atom stereocenters. The van der Waals surface area contributed by atoms with Crippen LogP contribution in [0.4, 0.5) is 0 Å². The molecule has 18 heavy (non-hydrogen) atoms. The van der Waals surface area contributed by atoms with Gasteiger partial charge in [-0.25, -0.2) is 5.10 Å². The predicted molar refractivity (Wildman–Crippen MR) is 68.0 cm³/mol. The van der Waals surface area contributed by atoms with Crippen molar-refractivity contribution in [3.05, 3.63) is 44.7 Å². The molecule has 0 spiro atoms. The second-order valence-electron chi connectivity index (χ2n) is 3.28. The molecule has 0 aliphatic carbocycles. The van der Waals surface area contributed by atoms with E-state index < -0.39 is 0 Å². The summed E-state index contributed by atoms with van der Waals surface area (Å²) in [7, 11) is 1.49. The fourth-order valence-corrected chi connectivity index (χ4v) is 2.05. The van der Waals surface area contributed by atoms with Gasteiger partial charge in [-0.1, -0.05) is 23.2 Å². The number of hydrogen-bond acceptors (Lipinski definition) is 3. The van der Waals surface area contributed by atoms with E-state index in [-0.39, 0.29) is 58.4 Å². The summed E-state index contributed by atoms with van der Waals surface area (Å²) in [5.41, 5.74) is 1.02. The number of halogens is 2. The van der Waals surface area contributed by atoms with E-state index in [9.17, 15) is 4.79 Å². The van der Waals surface area contributed by atoms with E-state index in [4.69, 9.17) is 27.9 Å². The van der Waals surface area contributed by atoms with Gasteiger partial charge < -0.3 is 6.16 Å². The maximum atomic E-state index is 10.9. The van der Waals surface area contributed by atoms with E-state index in [1.807, 2.05) is 0 Å². The molecule has 1 aromatic heterocycles. The molecule has 0 unspecified atom stereocenters. The first-order valence-corrected chi connectivity index (χ1v) is 5.46. The van der Waals surface area contributed by atoms with E-state index in [1.54, 1.807) is 18.2 Å². The Morgan fingerprint density at radius 1 is 1.28 bits per heavy atom. The van der Waals surface area contributed by atoms with Crippen LogP contribution >= 0.6 is 23.2 Å². The van der Waals surface area contributed by atoms with Crippen molar-refractivity contribution in [2.75, 3.05) is 7.11 Å². The van der Waals surface area contributed by atoms with Crippen LogP contribution in [0.3, 0.4) is 0 Å². The van der Waals surface area contributed by atoms with Gasteiger partial charge in [-0.3, -0.25) is 4.79 Å². The van der Waals surface area contributed by atoms with Gasteiger partial charge in [0.05, 0.1) is 22.8 Å². The number of aromatic nitrogens is 2. The molecule has 2 rings (SSSR count). The summed E-state index contributed by atoms with van der Waals surface area (Å²) < 4.78 is 5.04. The van der Waals surface area contributed by atoms with Crippen molar-refractivity contribution < 1.29 is 57.5 Å². The summed E-state index contributed by atoms with van der Waals surface area (Å²) >= 11 is 12.0. The molecular weight excluding hydrogens is 302 g/mol. The van der Waals surface area contributed by atoms with E-state index in [1.165, 1.54) is 13.2 Å². The van der Waals surface area contributed by atoms with Gasteiger partial charge in [0.2, 0.25) is 0 Å². The van der Waals surface area contributed by atoms with Gasteiger partial charge in [-0.15, -0.1) is 0 Å². The third-order valence-electron chi connectivity index (χ3n) is 2.18. The van der Waals surface area contributed by atoms with Crippen molar-refractivity contribution in [3.8, 4) is 17.0 Å². The van der Waals surface area contributed by atoms with Gasteiger partial charge in [0.1, 0.15) is 0 Å². The molecule has 1 N–H and O–H groups in total. The van der Waals surface area contributed by atoms with Crippen molar-refractivity contribution in [1.82, 2.24) is 10.2 Å². The van der Waals surface area contributed by atoms with Crippen LogP contribution in [-0.4, -0.2) is 17.3 Å².